The lowest BCUT2D eigenvalue weighted by Crippen LogP contribution is -2.51. The summed E-state index contributed by atoms with van der Waals surface area (Å²) >= 11 is 0. The second-order valence-electron chi connectivity index (χ2n) is 10.4. The largest absolute Gasteiger partial charge is 0.493 e. The first-order chi connectivity index (χ1) is 16.2. The smallest absolute Gasteiger partial charge is 0.225 e. The lowest BCUT2D eigenvalue weighted by molar-refractivity contribution is -0.139. The molecule has 0 spiro atoms. The van der Waals surface area contributed by atoms with Gasteiger partial charge in [-0.2, -0.15) is 0 Å². The molecule has 5 nitrogen and oxygen atoms in total. The minimum Gasteiger partial charge on any atom is -0.493 e. The minimum atomic E-state index is 0.201. The highest BCUT2D eigenvalue weighted by Gasteiger charge is 2.43. The average molecular weight is 446 g/mol. The molecule has 0 aromatic heterocycles. The van der Waals surface area contributed by atoms with E-state index in [1.807, 2.05) is 0 Å². The van der Waals surface area contributed by atoms with Crippen molar-refractivity contribution >= 4 is 5.91 Å². The number of fused-ring (bicyclic) bond motifs is 3. The number of nitrogens with zero attached hydrogens (tertiary/aromatic N) is 3. The van der Waals surface area contributed by atoms with Crippen LogP contribution in [0.2, 0.25) is 0 Å². The Labute approximate surface area is 197 Å². The molecule has 1 amide bonds. The SMILES string of the molecule is O=C(C1CCN(Cc2ccccc2)CC1)N1CCN(Cc2ccc3c(c2)OCC2CC32)CC1. The third-order valence-corrected chi connectivity index (χ3v) is 8.13. The van der Waals surface area contributed by atoms with Gasteiger partial charge in [-0.25, -0.2) is 0 Å². The molecule has 6 rings (SSSR count). The monoisotopic (exact) mass is 445 g/mol. The minimum absolute atomic E-state index is 0.201. The van der Waals surface area contributed by atoms with Crippen LogP contribution in [-0.2, 0) is 17.9 Å². The molecule has 0 N–H and O–H groups in total. The quantitative estimate of drug-likeness (QED) is 0.703. The van der Waals surface area contributed by atoms with Gasteiger partial charge < -0.3 is 9.64 Å². The third-order valence-electron chi connectivity index (χ3n) is 8.13. The Morgan fingerprint density at radius 3 is 2.36 bits per heavy atom. The first kappa shape index (κ1) is 21.2. The molecule has 4 aliphatic rings. The number of piperidine rings is 1. The number of hydrogen-bond acceptors (Lipinski definition) is 4. The van der Waals surface area contributed by atoms with Crippen molar-refractivity contribution in [1.29, 1.82) is 0 Å². The van der Waals surface area contributed by atoms with Crippen molar-refractivity contribution in [2.24, 2.45) is 11.8 Å². The number of benzene rings is 2. The van der Waals surface area contributed by atoms with Gasteiger partial charge in [-0.05, 0) is 61.0 Å². The molecule has 33 heavy (non-hydrogen) atoms. The third kappa shape index (κ3) is 4.67. The van der Waals surface area contributed by atoms with Crippen molar-refractivity contribution in [3.05, 3.63) is 65.2 Å². The van der Waals surface area contributed by atoms with E-state index in [-0.39, 0.29) is 5.92 Å². The first-order valence-corrected chi connectivity index (χ1v) is 12.8. The molecule has 3 fully saturated rings. The molecule has 2 unspecified atom stereocenters. The van der Waals surface area contributed by atoms with Crippen LogP contribution in [0, 0.1) is 11.8 Å². The van der Waals surface area contributed by atoms with Crippen LogP contribution >= 0.6 is 0 Å². The number of carbonyl (C=O) groups is 1. The van der Waals surface area contributed by atoms with E-state index in [1.54, 1.807) is 0 Å². The second-order valence-corrected chi connectivity index (χ2v) is 10.4. The van der Waals surface area contributed by atoms with Gasteiger partial charge in [0, 0.05) is 51.1 Å². The van der Waals surface area contributed by atoms with Crippen LogP contribution in [0.3, 0.4) is 0 Å². The molecule has 2 atom stereocenters. The van der Waals surface area contributed by atoms with Crippen molar-refractivity contribution < 1.29 is 9.53 Å². The fourth-order valence-electron chi connectivity index (χ4n) is 5.94. The van der Waals surface area contributed by atoms with Gasteiger partial charge in [0.1, 0.15) is 5.75 Å². The highest BCUT2D eigenvalue weighted by Crippen LogP contribution is 2.53. The highest BCUT2D eigenvalue weighted by molar-refractivity contribution is 5.79. The van der Waals surface area contributed by atoms with E-state index < -0.39 is 0 Å². The van der Waals surface area contributed by atoms with E-state index in [0.29, 0.717) is 5.91 Å². The number of likely N-dealkylation sites (tertiary alicyclic amines) is 1. The molecule has 0 radical (unpaired) electrons. The van der Waals surface area contributed by atoms with Gasteiger partial charge in [0.25, 0.3) is 0 Å². The zero-order valence-electron chi connectivity index (χ0n) is 19.5. The van der Waals surface area contributed by atoms with Gasteiger partial charge >= 0.3 is 0 Å². The standard InChI is InChI=1S/C28H35N3O2/c32-28(23-8-10-29(11-9-23)18-21-4-2-1-3-5-21)31-14-12-30(13-15-31)19-22-6-7-25-26-17-24(26)20-33-27(25)16-22/h1-7,16,23-24,26H,8-15,17-20H2. The van der Waals surface area contributed by atoms with Crippen LogP contribution < -0.4 is 4.74 Å². The van der Waals surface area contributed by atoms with E-state index in [1.165, 1.54) is 23.1 Å². The van der Waals surface area contributed by atoms with Crippen LogP contribution in [0.1, 0.15) is 41.9 Å². The molecule has 1 saturated carbocycles. The van der Waals surface area contributed by atoms with Crippen LogP contribution in [0.5, 0.6) is 5.75 Å². The van der Waals surface area contributed by atoms with Gasteiger partial charge in [0.05, 0.1) is 6.61 Å². The normalized spacial score (nSPS) is 25.8. The Morgan fingerprint density at radius 1 is 0.848 bits per heavy atom. The average Bonchev–Trinajstić information content (AvgIpc) is 3.66. The predicted molar refractivity (Wildman–Crippen MR) is 129 cm³/mol. The molecule has 3 aliphatic heterocycles. The van der Waals surface area contributed by atoms with Crippen LogP contribution in [0.15, 0.2) is 48.5 Å². The summed E-state index contributed by atoms with van der Waals surface area (Å²) in [4.78, 5) is 20.2. The summed E-state index contributed by atoms with van der Waals surface area (Å²) in [5.74, 6) is 3.22. The summed E-state index contributed by atoms with van der Waals surface area (Å²) in [6.07, 6.45) is 3.28. The Bertz CT molecular complexity index is 978. The number of rotatable bonds is 5. The molecule has 174 valence electrons. The fraction of sp³-hybridized carbons (Fsp3) is 0.536. The van der Waals surface area contributed by atoms with Gasteiger partial charge in [0.2, 0.25) is 5.91 Å². The van der Waals surface area contributed by atoms with Crippen molar-refractivity contribution in [1.82, 2.24) is 14.7 Å². The van der Waals surface area contributed by atoms with Gasteiger partial charge in [-0.15, -0.1) is 0 Å². The zero-order valence-corrected chi connectivity index (χ0v) is 19.5. The van der Waals surface area contributed by atoms with Crippen molar-refractivity contribution in [3.8, 4) is 5.75 Å². The summed E-state index contributed by atoms with van der Waals surface area (Å²) < 4.78 is 5.99. The highest BCUT2D eigenvalue weighted by atomic mass is 16.5. The summed E-state index contributed by atoms with van der Waals surface area (Å²) in [6, 6.07) is 17.5. The number of hydrogen-bond donors (Lipinski definition) is 0. The Morgan fingerprint density at radius 2 is 1.58 bits per heavy atom. The molecule has 0 bridgehead atoms. The van der Waals surface area contributed by atoms with Gasteiger partial charge in [0.15, 0.2) is 0 Å². The van der Waals surface area contributed by atoms with Gasteiger partial charge in [-0.1, -0.05) is 42.5 Å². The molecule has 2 aromatic rings. The molecular weight excluding hydrogens is 410 g/mol. The van der Waals surface area contributed by atoms with Crippen LogP contribution in [-0.4, -0.2) is 66.5 Å². The second kappa shape index (κ2) is 9.11. The number of carbonyl (C=O) groups excluding carboxylic acids is 1. The van der Waals surface area contributed by atoms with Crippen molar-refractivity contribution in [2.75, 3.05) is 45.9 Å². The summed E-state index contributed by atoms with van der Waals surface area (Å²) in [6.45, 7) is 8.51. The maximum atomic E-state index is 13.2. The molecule has 2 aromatic carbocycles. The summed E-state index contributed by atoms with van der Waals surface area (Å²) in [5, 5.41) is 0. The summed E-state index contributed by atoms with van der Waals surface area (Å²) in [5.41, 5.74) is 4.11. The lowest BCUT2D eigenvalue weighted by Gasteiger charge is -2.38. The fourth-order valence-corrected chi connectivity index (χ4v) is 5.94. The van der Waals surface area contributed by atoms with E-state index in [9.17, 15) is 4.79 Å². The van der Waals surface area contributed by atoms with E-state index in [4.69, 9.17) is 4.74 Å². The molecule has 2 saturated heterocycles. The molecule has 3 heterocycles. The van der Waals surface area contributed by atoms with Crippen LogP contribution in [0.25, 0.3) is 0 Å². The van der Waals surface area contributed by atoms with E-state index in [0.717, 1.165) is 89.4 Å². The Balaban J connectivity index is 0.963. The van der Waals surface area contributed by atoms with Crippen molar-refractivity contribution in [3.63, 3.8) is 0 Å². The number of ether oxygens (including phenoxy) is 1. The Kier molecular flexibility index (Phi) is 5.85. The van der Waals surface area contributed by atoms with E-state index >= 15 is 0 Å². The zero-order chi connectivity index (χ0) is 22.2. The maximum Gasteiger partial charge on any atom is 0.225 e. The number of amides is 1. The van der Waals surface area contributed by atoms with E-state index in [2.05, 4.69) is 63.2 Å². The molecular formula is C28H35N3O2. The first-order valence-electron chi connectivity index (χ1n) is 12.8. The molecule has 5 heteroatoms. The van der Waals surface area contributed by atoms with Crippen LogP contribution in [0.4, 0.5) is 0 Å². The lowest BCUT2D eigenvalue weighted by atomic mass is 9.94. The topological polar surface area (TPSA) is 36.0 Å². The predicted octanol–water partition coefficient (Wildman–Crippen LogP) is 3.74. The number of piperazine rings is 1. The molecule has 1 aliphatic carbocycles. The summed E-state index contributed by atoms with van der Waals surface area (Å²) in [7, 11) is 0. The Hall–Kier alpha value is -2.37. The van der Waals surface area contributed by atoms with Gasteiger partial charge in [-0.3, -0.25) is 14.6 Å². The maximum absolute atomic E-state index is 13.2. The van der Waals surface area contributed by atoms with Crippen molar-refractivity contribution in [2.45, 2.75) is 38.3 Å².